The van der Waals surface area contributed by atoms with E-state index in [2.05, 4.69) is 5.32 Å². The molecule has 2 aromatic rings. The zero-order valence-electron chi connectivity index (χ0n) is 12.8. The minimum Gasteiger partial charge on any atom is -0.496 e. The van der Waals surface area contributed by atoms with Crippen molar-refractivity contribution in [2.75, 3.05) is 13.7 Å². The zero-order valence-corrected chi connectivity index (χ0v) is 12.8. The number of aryl methyl sites for hydroxylation is 2. The lowest BCUT2D eigenvalue weighted by Gasteiger charge is -2.10. The fraction of sp³-hybridized carbons (Fsp3) is 0.278. The molecule has 3 heteroatoms. The molecule has 0 aliphatic rings. The molecule has 0 unspecified atom stereocenters. The van der Waals surface area contributed by atoms with Crippen LogP contribution in [0.2, 0.25) is 0 Å². The lowest BCUT2D eigenvalue weighted by atomic mass is 10.1. The second-order valence-electron chi connectivity index (χ2n) is 5.14. The highest BCUT2D eigenvalue weighted by atomic mass is 16.5. The molecule has 0 saturated carbocycles. The maximum Gasteiger partial charge on any atom is 0.251 e. The highest BCUT2D eigenvalue weighted by molar-refractivity contribution is 5.95. The minimum absolute atomic E-state index is 0.0256. The fourth-order valence-corrected chi connectivity index (χ4v) is 2.38. The molecule has 0 saturated heterocycles. The Labute approximate surface area is 126 Å². The van der Waals surface area contributed by atoms with Gasteiger partial charge in [-0.2, -0.15) is 0 Å². The Morgan fingerprint density at radius 1 is 1.14 bits per heavy atom. The molecule has 110 valence electrons. The molecule has 0 fully saturated rings. The van der Waals surface area contributed by atoms with Crippen LogP contribution in [0.5, 0.6) is 5.75 Å². The number of benzene rings is 2. The van der Waals surface area contributed by atoms with E-state index in [1.165, 1.54) is 0 Å². The Bertz CT molecular complexity index is 635. The molecule has 0 heterocycles. The monoisotopic (exact) mass is 283 g/mol. The van der Waals surface area contributed by atoms with Crippen LogP contribution in [0.15, 0.2) is 42.5 Å². The number of hydrogen-bond donors (Lipinski definition) is 1. The largest absolute Gasteiger partial charge is 0.496 e. The molecule has 3 nitrogen and oxygen atoms in total. The number of carbonyl (C=O) groups excluding carboxylic acids is 1. The summed E-state index contributed by atoms with van der Waals surface area (Å²) in [5, 5.41) is 2.96. The van der Waals surface area contributed by atoms with Gasteiger partial charge in [-0.25, -0.2) is 0 Å². The molecular weight excluding hydrogens is 262 g/mol. The van der Waals surface area contributed by atoms with Crippen LogP contribution in [0.1, 0.15) is 27.0 Å². The number of rotatable bonds is 5. The molecule has 21 heavy (non-hydrogen) atoms. The molecule has 1 amide bonds. The van der Waals surface area contributed by atoms with Crippen molar-refractivity contribution in [3.63, 3.8) is 0 Å². The van der Waals surface area contributed by atoms with Crippen LogP contribution in [0.4, 0.5) is 0 Å². The molecular formula is C18H21NO2. The summed E-state index contributed by atoms with van der Waals surface area (Å²) in [7, 11) is 1.66. The van der Waals surface area contributed by atoms with E-state index in [-0.39, 0.29) is 5.91 Å². The normalized spacial score (nSPS) is 10.2. The highest BCUT2D eigenvalue weighted by Crippen LogP contribution is 2.17. The standard InChI is InChI=1S/C18H21NO2/c1-13-8-9-16(14(2)12-13)18(20)19-11-10-15-6-4-5-7-17(15)21-3/h4-9,12H,10-11H2,1-3H3,(H,19,20). The van der Waals surface area contributed by atoms with Gasteiger partial charge in [0, 0.05) is 12.1 Å². The summed E-state index contributed by atoms with van der Waals surface area (Å²) >= 11 is 0. The Kier molecular flexibility index (Phi) is 4.99. The van der Waals surface area contributed by atoms with E-state index >= 15 is 0 Å². The number of amides is 1. The summed E-state index contributed by atoms with van der Waals surface area (Å²) in [6.45, 7) is 4.57. The SMILES string of the molecule is COc1ccccc1CCNC(=O)c1ccc(C)cc1C. The third-order valence-corrected chi connectivity index (χ3v) is 3.50. The summed E-state index contributed by atoms with van der Waals surface area (Å²) in [6.07, 6.45) is 0.751. The van der Waals surface area contributed by atoms with Crippen LogP contribution in [0.3, 0.4) is 0 Å². The van der Waals surface area contributed by atoms with Gasteiger partial charge >= 0.3 is 0 Å². The molecule has 0 aromatic heterocycles. The Balaban J connectivity index is 1.95. The van der Waals surface area contributed by atoms with Crippen LogP contribution < -0.4 is 10.1 Å². The Hall–Kier alpha value is -2.29. The number of para-hydroxylation sites is 1. The quantitative estimate of drug-likeness (QED) is 0.914. The minimum atomic E-state index is -0.0256. The van der Waals surface area contributed by atoms with Crippen LogP contribution in [-0.2, 0) is 6.42 Å². The molecule has 0 spiro atoms. The van der Waals surface area contributed by atoms with Gasteiger partial charge < -0.3 is 10.1 Å². The van der Waals surface area contributed by atoms with Gasteiger partial charge in [-0.15, -0.1) is 0 Å². The molecule has 0 aliphatic carbocycles. The van der Waals surface area contributed by atoms with Gasteiger partial charge in [0.25, 0.3) is 5.91 Å². The number of ether oxygens (including phenoxy) is 1. The second-order valence-corrected chi connectivity index (χ2v) is 5.14. The van der Waals surface area contributed by atoms with Crippen molar-refractivity contribution in [1.29, 1.82) is 0 Å². The van der Waals surface area contributed by atoms with Gasteiger partial charge in [-0.3, -0.25) is 4.79 Å². The van der Waals surface area contributed by atoms with E-state index in [0.717, 1.165) is 34.4 Å². The van der Waals surface area contributed by atoms with E-state index in [0.29, 0.717) is 6.54 Å². The van der Waals surface area contributed by atoms with Gasteiger partial charge in [0.15, 0.2) is 0 Å². The van der Waals surface area contributed by atoms with E-state index in [9.17, 15) is 4.79 Å². The van der Waals surface area contributed by atoms with Crippen molar-refractivity contribution in [1.82, 2.24) is 5.32 Å². The Morgan fingerprint density at radius 2 is 1.90 bits per heavy atom. The molecule has 1 N–H and O–H groups in total. The van der Waals surface area contributed by atoms with Crippen LogP contribution in [0.25, 0.3) is 0 Å². The summed E-state index contributed by atoms with van der Waals surface area (Å²) in [5.74, 6) is 0.834. The van der Waals surface area contributed by atoms with Crippen molar-refractivity contribution in [3.8, 4) is 5.75 Å². The van der Waals surface area contributed by atoms with Gasteiger partial charge in [0.2, 0.25) is 0 Å². The van der Waals surface area contributed by atoms with Crippen molar-refractivity contribution in [2.24, 2.45) is 0 Å². The van der Waals surface area contributed by atoms with Gasteiger partial charge in [0.1, 0.15) is 5.75 Å². The molecule has 2 rings (SSSR count). The fourth-order valence-electron chi connectivity index (χ4n) is 2.38. The predicted octanol–water partition coefficient (Wildman–Crippen LogP) is 3.28. The zero-order chi connectivity index (χ0) is 15.2. The lowest BCUT2D eigenvalue weighted by molar-refractivity contribution is 0.0953. The average molecular weight is 283 g/mol. The van der Waals surface area contributed by atoms with Crippen molar-refractivity contribution in [2.45, 2.75) is 20.3 Å². The summed E-state index contributed by atoms with van der Waals surface area (Å²) < 4.78 is 5.31. The first-order valence-corrected chi connectivity index (χ1v) is 7.09. The molecule has 0 aliphatic heterocycles. The maximum atomic E-state index is 12.2. The third-order valence-electron chi connectivity index (χ3n) is 3.50. The smallest absolute Gasteiger partial charge is 0.251 e. The van der Waals surface area contributed by atoms with Gasteiger partial charge in [-0.05, 0) is 43.5 Å². The van der Waals surface area contributed by atoms with Crippen molar-refractivity contribution in [3.05, 3.63) is 64.7 Å². The highest BCUT2D eigenvalue weighted by Gasteiger charge is 2.09. The predicted molar refractivity (Wildman–Crippen MR) is 84.9 cm³/mol. The molecule has 0 bridgehead atoms. The van der Waals surface area contributed by atoms with E-state index in [4.69, 9.17) is 4.74 Å². The van der Waals surface area contributed by atoms with Crippen molar-refractivity contribution >= 4 is 5.91 Å². The van der Waals surface area contributed by atoms with Crippen LogP contribution in [0, 0.1) is 13.8 Å². The first kappa shape index (κ1) is 15.1. The average Bonchev–Trinajstić information content (AvgIpc) is 2.47. The van der Waals surface area contributed by atoms with E-state index < -0.39 is 0 Å². The van der Waals surface area contributed by atoms with Crippen LogP contribution >= 0.6 is 0 Å². The molecule has 0 atom stereocenters. The molecule has 0 radical (unpaired) electrons. The summed E-state index contributed by atoms with van der Waals surface area (Å²) in [4.78, 5) is 12.2. The molecule has 2 aromatic carbocycles. The first-order chi connectivity index (χ1) is 10.1. The van der Waals surface area contributed by atoms with Crippen LogP contribution in [-0.4, -0.2) is 19.6 Å². The third kappa shape index (κ3) is 3.85. The number of nitrogens with one attached hydrogen (secondary N) is 1. The lowest BCUT2D eigenvalue weighted by Crippen LogP contribution is -2.26. The number of methoxy groups -OCH3 is 1. The van der Waals surface area contributed by atoms with Gasteiger partial charge in [-0.1, -0.05) is 35.9 Å². The summed E-state index contributed by atoms with van der Waals surface area (Å²) in [5.41, 5.74) is 4.00. The first-order valence-electron chi connectivity index (χ1n) is 7.09. The van der Waals surface area contributed by atoms with E-state index in [1.807, 2.05) is 56.3 Å². The van der Waals surface area contributed by atoms with E-state index in [1.54, 1.807) is 7.11 Å². The topological polar surface area (TPSA) is 38.3 Å². The van der Waals surface area contributed by atoms with Crippen molar-refractivity contribution < 1.29 is 9.53 Å². The number of carbonyl (C=O) groups is 1. The summed E-state index contributed by atoms with van der Waals surface area (Å²) in [6, 6.07) is 13.7. The van der Waals surface area contributed by atoms with Gasteiger partial charge in [0.05, 0.1) is 7.11 Å². The maximum absolute atomic E-state index is 12.2. The Morgan fingerprint density at radius 3 is 2.62 bits per heavy atom. The number of hydrogen-bond acceptors (Lipinski definition) is 2. The second kappa shape index (κ2) is 6.93.